The number of likely N-dealkylation sites (N-methyl/N-ethyl adjacent to an activating group) is 1. The molecule has 0 amide bonds. The third-order valence-electron chi connectivity index (χ3n) is 10.6. The number of fused-ring (bicyclic) bond motifs is 2. The molecule has 2 aliphatic heterocycles. The van der Waals surface area contributed by atoms with E-state index in [-0.39, 0.29) is 30.8 Å². The Balaban J connectivity index is 1.77. The van der Waals surface area contributed by atoms with E-state index in [1.54, 1.807) is 37.5 Å². The lowest BCUT2D eigenvalue weighted by atomic mass is 9.76. The van der Waals surface area contributed by atoms with E-state index in [2.05, 4.69) is 0 Å². The fourth-order valence-electron chi connectivity index (χ4n) is 7.69. The lowest BCUT2D eigenvalue weighted by Crippen LogP contribution is -2.33. The van der Waals surface area contributed by atoms with Crippen LogP contribution >= 0.6 is 0 Å². The van der Waals surface area contributed by atoms with E-state index in [9.17, 15) is 43.7 Å². The number of hydrogen-bond donors (Lipinski definition) is 1. The molecule has 2 aromatic carbocycles. The Morgan fingerprint density at radius 1 is 0.825 bits per heavy atom. The van der Waals surface area contributed by atoms with Crippen molar-refractivity contribution in [1.29, 1.82) is 0 Å². The summed E-state index contributed by atoms with van der Waals surface area (Å²) in [7, 11) is -12.6. The molecule has 2 heterocycles. The zero-order chi connectivity index (χ0) is 42.2. The zero-order valence-corrected chi connectivity index (χ0v) is 35.0. The Morgan fingerprint density at radius 3 is 2.11 bits per heavy atom. The fourth-order valence-corrected chi connectivity index (χ4v) is 9.18. The summed E-state index contributed by atoms with van der Waals surface area (Å²) in [5.41, 5.74) is 2.20. The molecule has 1 N–H and O–H groups in total. The van der Waals surface area contributed by atoms with Crippen LogP contribution in [0.4, 0.5) is 11.4 Å². The van der Waals surface area contributed by atoms with Gasteiger partial charge in [0.15, 0.2) is 5.71 Å². The first-order valence-electron chi connectivity index (χ1n) is 18.6. The first-order chi connectivity index (χ1) is 26.7. The standard InChI is InChI=1S/C39H52N2O13S3/c1-5-40-33-18-16-29(56(47,48)49)27-31(33)38(2,20-12-26-55(44,45)46)35(40)13-8-6-9-14-36-39(3,21-23-54-25-24-53-4)32-28-30(57(50,51)52)17-19-34(32)41(36)22-11-7-10-15-37(42)43/h6,8-9,13-14,16-19,27-28H,5,7,10-12,15,20-26H2,1-4H3,(H3-,42,43,44,45,46,47,48,49,50,51,52)/p-2. The molecule has 57 heavy (non-hydrogen) atoms. The topological polar surface area (TPSA) is 234 Å². The van der Waals surface area contributed by atoms with E-state index >= 15 is 0 Å². The highest BCUT2D eigenvalue weighted by atomic mass is 32.2. The number of nitrogens with zero attached hydrogens (tertiary/aromatic N) is 2. The predicted molar refractivity (Wildman–Crippen MR) is 210 cm³/mol. The summed E-state index contributed by atoms with van der Waals surface area (Å²) < 4.78 is 120. The smallest absolute Gasteiger partial charge is 0.303 e. The van der Waals surface area contributed by atoms with Gasteiger partial charge >= 0.3 is 5.97 Å². The minimum atomic E-state index is -4.80. The number of anilines is 1. The van der Waals surface area contributed by atoms with Gasteiger partial charge in [0.2, 0.25) is 5.69 Å². The summed E-state index contributed by atoms with van der Waals surface area (Å²) in [6.45, 7) is 7.57. The Bertz CT molecular complexity index is 2270. The molecule has 0 radical (unpaired) electrons. The van der Waals surface area contributed by atoms with Crippen LogP contribution in [0.3, 0.4) is 0 Å². The van der Waals surface area contributed by atoms with Crippen LogP contribution in [0.5, 0.6) is 0 Å². The quantitative estimate of drug-likeness (QED) is 0.0734. The molecule has 314 valence electrons. The van der Waals surface area contributed by atoms with Gasteiger partial charge in [-0.25, -0.2) is 25.3 Å². The van der Waals surface area contributed by atoms with Crippen molar-refractivity contribution in [2.75, 3.05) is 50.7 Å². The number of carboxylic acids is 1. The van der Waals surface area contributed by atoms with E-state index in [1.807, 2.05) is 42.4 Å². The molecule has 0 aliphatic carbocycles. The molecule has 4 rings (SSSR count). The largest absolute Gasteiger partial charge is 0.748 e. The zero-order valence-electron chi connectivity index (χ0n) is 32.5. The summed E-state index contributed by atoms with van der Waals surface area (Å²) >= 11 is 0. The van der Waals surface area contributed by atoms with Crippen molar-refractivity contribution in [3.8, 4) is 0 Å². The number of carboxylic acid groups (broad SMARTS) is 1. The van der Waals surface area contributed by atoms with Gasteiger partial charge < -0.3 is 33.1 Å². The van der Waals surface area contributed by atoms with Crippen molar-refractivity contribution in [2.45, 2.75) is 86.3 Å². The maximum absolute atomic E-state index is 12.1. The van der Waals surface area contributed by atoms with Gasteiger partial charge in [0, 0.05) is 73.4 Å². The van der Waals surface area contributed by atoms with Gasteiger partial charge in [0.05, 0.1) is 38.5 Å². The molecule has 0 fully saturated rings. The number of carbonyl (C=O) groups is 1. The maximum atomic E-state index is 12.1. The number of rotatable bonds is 22. The van der Waals surface area contributed by atoms with E-state index in [0.29, 0.717) is 80.2 Å². The highest BCUT2D eigenvalue weighted by Gasteiger charge is 2.48. The molecule has 0 aromatic heterocycles. The Labute approximate surface area is 335 Å². The minimum Gasteiger partial charge on any atom is -0.748 e. The van der Waals surface area contributed by atoms with Gasteiger partial charge in [-0.15, -0.1) is 0 Å². The molecule has 0 spiro atoms. The van der Waals surface area contributed by atoms with Crippen LogP contribution in [-0.2, 0) is 55.5 Å². The van der Waals surface area contributed by atoms with Crippen LogP contribution in [0.15, 0.2) is 82.3 Å². The van der Waals surface area contributed by atoms with E-state index in [0.717, 1.165) is 5.71 Å². The fraction of sp³-hybridized carbons (Fsp3) is 0.487. The van der Waals surface area contributed by atoms with Crippen LogP contribution in [0.25, 0.3) is 0 Å². The van der Waals surface area contributed by atoms with Crippen LogP contribution in [0, 0.1) is 0 Å². The summed E-state index contributed by atoms with van der Waals surface area (Å²) in [6.07, 6.45) is 11.4. The molecule has 0 saturated carbocycles. The van der Waals surface area contributed by atoms with Crippen molar-refractivity contribution in [1.82, 2.24) is 0 Å². The minimum absolute atomic E-state index is 0.0111. The van der Waals surface area contributed by atoms with Crippen molar-refractivity contribution < 1.29 is 62.9 Å². The average Bonchev–Trinajstić information content (AvgIpc) is 3.49. The Kier molecular flexibility index (Phi) is 15.2. The van der Waals surface area contributed by atoms with E-state index in [4.69, 9.17) is 14.6 Å². The van der Waals surface area contributed by atoms with Gasteiger partial charge in [0.25, 0.3) is 0 Å². The van der Waals surface area contributed by atoms with Gasteiger partial charge in [-0.3, -0.25) is 4.79 Å². The Hall–Kier alpha value is -3.75. The van der Waals surface area contributed by atoms with E-state index < -0.39 is 57.8 Å². The lowest BCUT2D eigenvalue weighted by Gasteiger charge is -2.30. The van der Waals surface area contributed by atoms with Crippen LogP contribution in [0.1, 0.15) is 76.8 Å². The van der Waals surface area contributed by atoms with Crippen molar-refractivity contribution in [3.63, 3.8) is 0 Å². The molecule has 18 heteroatoms. The number of benzene rings is 2. The number of allylic oxidation sites excluding steroid dienone is 6. The average molecular weight is 851 g/mol. The number of methoxy groups -OCH3 is 1. The normalized spacial score (nSPS) is 20.7. The molecular formula is C39H50N2O13S3-2. The second kappa shape index (κ2) is 18.9. The number of ether oxygens (including phenoxy) is 2. The predicted octanol–water partition coefficient (Wildman–Crippen LogP) is 4.67. The van der Waals surface area contributed by atoms with Gasteiger partial charge in [0.1, 0.15) is 26.8 Å². The number of aliphatic carboxylic acids is 1. The second-order valence-electron chi connectivity index (χ2n) is 14.4. The van der Waals surface area contributed by atoms with Crippen molar-refractivity contribution in [3.05, 3.63) is 83.6 Å². The monoisotopic (exact) mass is 850 g/mol. The van der Waals surface area contributed by atoms with E-state index in [1.165, 1.54) is 24.3 Å². The molecule has 0 saturated heterocycles. The highest BCUT2D eigenvalue weighted by molar-refractivity contribution is 7.86. The number of hydrogen-bond acceptors (Lipinski definition) is 13. The van der Waals surface area contributed by atoms with Gasteiger partial charge in [-0.2, -0.15) is 4.58 Å². The van der Waals surface area contributed by atoms with Crippen molar-refractivity contribution >= 4 is 53.4 Å². The molecule has 2 aromatic rings. The summed E-state index contributed by atoms with van der Waals surface area (Å²) in [4.78, 5) is 12.3. The summed E-state index contributed by atoms with van der Waals surface area (Å²) in [5, 5.41) is 9.12. The maximum Gasteiger partial charge on any atom is 0.303 e. The third kappa shape index (κ3) is 11.3. The molecule has 0 bridgehead atoms. The summed E-state index contributed by atoms with van der Waals surface area (Å²) in [6, 6.07) is 8.39. The first-order valence-corrected chi connectivity index (χ1v) is 23.0. The Morgan fingerprint density at radius 2 is 1.49 bits per heavy atom. The molecular weight excluding hydrogens is 801 g/mol. The van der Waals surface area contributed by atoms with Crippen molar-refractivity contribution in [2.24, 2.45) is 0 Å². The number of unbranched alkanes of at least 4 members (excludes halogenated alkanes) is 2. The van der Waals surface area contributed by atoms with Gasteiger partial charge in [-0.05, 0) is 94.8 Å². The molecule has 2 aliphatic rings. The lowest BCUT2D eigenvalue weighted by molar-refractivity contribution is -0.438. The third-order valence-corrected chi connectivity index (χ3v) is 13.0. The second-order valence-corrected chi connectivity index (χ2v) is 18.7. The van der Waals surface area contributed by atoms with Gasteiger partial charge in [-0.1, -0.05) is 18.2 Å². The first kappa shape index (κ1) is 45.9. The molecule has 2 unspecified atom stereocenters. The van der Waals surface area contributed by atoms with Crippen LogP contribution in [0.2, 0.25) is 0 Å². The van der Waals surface area contributed by atoms with Crippen LogP contribution < -0.4 is 4.90 Å². The highest BCUT2D eigenvalue weighted by Crippen LogP contribution is 2.51. The molecule has 15 nitrogen and oxygen atoms in total. The summed E-state index contributed by atoms with van der Waals surface area (Å²) in [5.74, 6) is -1.50. The molecule has 2 atom stereocenters. The SMILES string of the molecule is CCN1/C(=C/C=C/C=C/C2=[N+](CCCCCC(=O)O)c3ccc(S(=O)(=O)[O-])cc3C2(C)CCOCCOC)C(C)(CCCS(=O)(=O)[O-])c2cc(S(=O)(=O)[O-])ccc21. The van der Waals surface area contributed by atoms with Crippen LogP contribution in [-0.4, -0.2) is 106 Å².